The van der Waals surface area contributed by atoms with E-state index in [-0.39, 0.29) is 75.8 Å². The van der Waals surface area contributed by atoms with Gasteiger partial charge in [0.15, 0.2) is 5.76 Å². The zero-order chi connectivity index (χ0) is 87.4. The number of anilines is 4. The van der Waals surface area contributed by atoms with Gasteiger partial charge in [-0.05, 0) is 114 Å². The SMILES string of the molecule is CC(C)Cn1c(=O)c([N+](=O)[O-])c(N2CCN(C(=O)c3ccco3)CC2)c2ccccc21.CCOC(=O)c1c(N2CCN(C(=O)[C@H]3CCCS3)CC2)c2ccccc2n(C)c1=O.CCOC(=O)c1c(N2CCN(C(=O)c3cccs3)CC2)c2ccccc2n(Cc2ccsc2)c1=O.Cn1c(=O)c([N+](=O)[O-])c(N2CCN(Cc3ccccc3)CC2)c2ccccc21. The lowest BCUT2D eigenvalue weighted by Crippen LogP contribution is -2.51. The molecule has 0 saturated carbocycles. The van der Waals surface area contributed by atoms with Crippen molar-refractivity contribution in [2.45, 2.75) is 65.4 Å². The molecule has 0 radical (unpaired) electrons. The first-order valence-electron chi connectivity index (χ1n) is 41.6. The quantitative estimate of drug-likeness (QED) is 0.0412. The van der Waals surface area contributed by atoms with Crippen molar-refractivity contribution in [1.82, 2.24) is 37.9 Å². The van der Waals surface area contributed by atoms with Crippen LogP contribution < -0.4 is 41.8 Å². The number of thiophene rings is 2. The predicted molar refractivity (Wildman–Crippen MR) is 486 cm³/mol. The molecule has 17 rings (SSSR count). The summed E-state index contributed by atoms with van der Waals surface area (Å²) < 4.78 is 21.8. The monoisotopic (exact) mass is 1740 g/mol. The molecule has 5 aromatic carbocycles. The smallest absolute Gasteiger partial charge is 0.357 e. The number of ether oxygens (including phenoxy) is 2. The third-order valence-electron chi connectivity index (χ3n) is 22.9. The van der Waals surface area contributed by atoms with Crippen molar-refractivity contribution in [2.24, 2.45) is 20.0 Å². The highest BCUT2D eigenvalue weighted by molar-refractivity contribution is 8.00. The zero-order valence-electron chi connectivity index (χ0n) is 70.0. The Morgan fingerprint density at radius 2 is 0.944 bits per heavy atom. The van der Waals surface area contributed by atoms with Gasteiger partial charge in [0.05, 0.1) is 79.4 Å². The number of thioether (sulfide) groups is 1. The summed E-state index contributed by atoms with van der Waals surface area (Å²) in [5, 5.41) is 32.8. The summed E-state index contributed by atoms with van der Waals surface area (Å²) in [5.74, 6) is 0.283. The largest absolute Gasteiger partial charge is 0.462 e. The number of piperazine rings is 4. The van der Waals surface area contributed by atoms with Crippen molar-refractivity contribution in [3.05, 3.63) is 275 Å². The second-order valence-electron chi connectivity index (χ2n) is 31.0. The van der Waals surface area contributed by atoms with E-state index in [1.807, 2.05) is 188 Å². The van der Waals surface area contributed by atoms with E-state index in [1.165, 1.54) is 36.9 Å². The molecule has 5 saturated heterocycles. The van der Waals surface area contributed by atoms with Gasteiger partial charge in [0.25, 0.3) is 22.9 Å². The van der Waals surface area contributed by atoms with Gasteiger partial charge in [-0.3, -0.25) is 58.7 Å². The van der Waals surface area contributed by atoms with E-state index in [1.54, 1.807) is 72.6 Å². The highest BCUT2D eigenvalue weighted by Crippen LogP contribution is 2.39. The fourth-order valence-electron chi connectivity index (χ4n) is 16.9. The molecule has 12 aromatic rings. The van der Waals surface area contributed by atoms with Crippen LogP contribution in [0.1, 0.15) is 92.6 Å². The number of aryl methyl sites for hydroxylation is 2. The van der Waals surface area contributed by atoms with Gasteiger partial charge in [0.2, 0.25) is 5.91 Å². The Kier molecular flexibility index (Phi) is 28.0. The predicted octanol–water partition coefficient (Wildman–Crippen LogP) is 12.5. The molecule has 30 nitrogen and oxygen atoms in total. The summed E-state index contributed by atoms with van der Waals surface area (Å²) in [7, 11) is 3.26. The van der Waals surface area contributed by atoms with Gasteiger partial charge in [-0.2, -0.15) is 11.3 Å². The van der Waals surface area contributed by atoms with Gasteiger partial charge < -0.3 is 66.5 Å². The number of furan rings is 1. The molecule has 124 heavy (non-hydrogen) atoms. The van der Waals surface area contributed by atoms with Gasteiger partial charge >= 0.3 is 34.4 Å². The Bertz CT molecular complexity index is 6160. The maximum absolute atomic E-state index is 13.8. The molecule has 0 aliphatic carbocycles. The average Bonchev–Trinajstić information content (AvgIpc) is 1.06. The van der Waals surface area contributed by atoms with Crippen molar-refractivity contribution >= 4 is 142 Å². The van der Waals surface area contributed by atoms with Gasteiger partial charge in [0.1, 0.15) is 22.5 Å². The van der Waals surface area contributed by atoms with Gasteiger partial charge in [-0.1, -0.05) is 123 Å². The minimum atomic E-state index is -0.616. The average molecular weight is 1740 g/mol. The van der Waals surface area contributed by atoms with Crippen molar-refractivity contribution in [1.29, 1.82) is 0 Å². The fraction of sp³-hybridized carbons (Fsp3) is 0.352. The summed E-state index contributed by atoms with van der Waals surface area (Å²) in [6.45, 7) is 18.1. The first-order chi connectivity index (χ1) is 60.0. The number of benzene rings is 5. The van der Waals surface area contributed by atoms with Crippen molar-refractivity contribution < 1.29 is 47.7 Å². The lowest BCUT2D eigenvalue weighted by atomic mass is 10.1. The van der Waals surface area contributed by atoms with Crippen LogP contribution in [0.5, 0.6) is 0 Å². The molecule has 7 aromatic heterocycles. The third-order valence-corrected chi connectivity index (χ3v) is 25.8. The number of hydrogen-bond acceptors (Lipinski definition) is 24. The Morgan fingerprint density at radius 3 is 1.44 bits per heavy atom. The second kappa shape index (κ2) is 39.6. The van der Waals surface area contributed by atoms with Crippen molar-refractivity contribution in [3.8, 4) is 0 Å². The number of amides is 3. The maximum atomic E-state index is 13.8. The van der Waals surface area contributed by atoms with Gasteiger partial charge in [-0.25, -0.2) is 9.59 Å². The molecule has 0 N–H and O–H groups in total. The van der Waals surface area contributed by atoms with Crippen LogP contribution in [-0.4, -0.2) is 206 Å². The number of pyridine rings is 4. The Labute approximate surface area is 726 Å². The third kappa shape index (κ3) is 18.8. The number of carbonyl (C=O) groups is 5. The standard InChI is InChI=1S/C26H25N3O4S2.C22H24N4O5.C22H27N3O4S.C21H22N4O3/c1-2-33-26(32)22-23(27-10-12-28(13-11-27)24(30)21-8-5-14-35-21)19-6-3-4-7-20(19)29(25(22)31)16-18-9-15-34-17-18;1-15(2)14-25-17-7-4-3-6-16(17)19(20(22(25)28)26(29)30)23-9-11-24(12-10-23)21(27)18-8-5-13-31-18;1-3-29-22(28)18-19(15-7-4-5-8-16(15)23(2)21(18)27)24-10-12-25(13-11-24)20(26)17-9-6-14-30-17;1-22-18-10-6-5-9-17(18)19(20(21(22)26)25(27)28)24-13-11-23(12-14-24)15-16-7-3-2-4-8-16/h3-9,14-15,17H,2,10-13,16H2,1H3;3-8,13,15H,9-12,14H2,1-2H3;4-5,7-8,17H,3,6,9-14H2,1-2H3;2-10H,11-15H2,1H3/t;;17-;/m..1./s1. The number of fused-ring (bicyclic) bond motifs is 4. The number of carbonyl (C=O) groups excluding carboxylic acids is 5. The number of nitrogens with zero attached hydrogens (tertiary/aromatic N) is 14. The van der Waals surface area contributed by atoms with Crippen LogP contribution in [0.4, 0.5) is 34.1 Å². The molecular weight excluding hydrogens is 1640 g/mol. The normalized spacial score (nSPS) is 15.6. The molecule has 5 fully saturated rings. The first kappa shape index (κ1) is 87.6. The molecule has 0 bridgehead atoms. The second-order valence-corrected chi connectivity index (χ2v) is 34.0. The summed E-state index contributed by atoms with van der Waals surface area (Å²) in [5.41, 5.74) is 4.67. The summed E-state index contributed by atoms with van der Waals surface area (Å²) in [4.78, 5) is 156. The lowest BCUT2D eigenvalue weighted by Gasteiger charge is -2.38. The molecule has 3 amide bonds. The molecule has 5 aliphatic heterocycles. The topological polar surface area (TPSA) is 317 Å². The van der Waals surface area contributed by atoms with Crippen LogP contribution in [0, 0.1) is 26.1 Å². The van der Waals surface area contributed by atoms with Gasteiger partial charge in [-0.15, -0.1) is 23.1 Å². The molecule has 0 spiro atoms. The van der Waals surface area contributed by atoms with Crippen LogP contribution in [-0.2, 0) is 48.0 Å². The summed E-state index contributed by atoms with van der Waals surface area (Å²) >= 11 is 4.75. The number of hydrogen-bond donors (Lipinski definition) is 0. The Morgan fingerprint density at radius 1 is 0.476 bits per heavy atom. The fourth-order valence-corrected chi connectivity index (χ4v) is 19.4. The number of aromatic nitrogens is 4. The molecule has 5 aliphatic rings. The molecular formula is C91H98N14O16S3. The van der Waals surface area contributed by atoms with Gasteiger partial charge in [0, 0.05) is 153 Å². The van der Waals surface area contributed by atoms with Crippen LogP contribution in [0.2, 0.25) is 0 Å². The minimum Gasteiger partial charge on any atom is -0.462 e. The molecule has 12 heterocycles. The zero-order valence-corrected chi connectivity index (χ0v) is 72.4. The van der Waals surface area contributed by atoms with E-state index >= 15 is 0 Å². The first-order valence-corrected chi connectivity index (χ1v) is 44.4. The molecule has 646 valence electrons. The summed E-state index contributed by atoms with van der Waals surface area (Å²) in [6.07, 6.45) is 3.50. The van der Waals surface area contributed by atoms with E-state index in [2.05, 4.69) is 21.9 Å². The lowest BCUT2D eigenvalue weighted by molar-refractivity contribution is -0.385. The number of para-hydroxylation sites is 4. The van der Waals surface area contributed by atoms with E-state index in [0.29, 0.717) is 149 Å². The Balaban J connectivity index is 0.000000135. The summed E-state index contributed by atoms with van der Waals surface area (Å²) in [6, 6.07) is 49.1. The van der Waals surface area contributed by atoms with Crippen LogP contribution in [0.3, 0.4) is 0 Å². The van der Waals surface area contributed by atoms with Crippen molar-refractivity contribution in [2.75, 3.05) is 143 Å². The van der Waals surface area contributed by atoms with Crippen molar-refractivity contribution in [3.63, 3.8) is 0 Å². The molecule has 33 heteroatoms. The number of esters is 2. The van der Waals surface area contributed by atoms with E-state index in [0.717, 1.165) is 71.0 Å². The highest BCUT2D eigenvalue weighted by Gasteiger charge is 2.38. The van der Waals surface area contributed by atoms with E-state index in [4.69, 9.17) is 13.9 Å². The maximum Gasteiger partial charge on any atom is 0.357 e. The molecule has 0 unspecified atom stereocenters. The minimum absolute atomic E-state index is 0.0151. The molecule has 1 atom stereocenters. The van der Waals surface area contributed by atoms with Crippen LogP contribution in [0.15, 0.2) is 204 Å². The number of nitro groups is 2. The Hall–Kier alpha value is -12.7. The highest BCUT2D eigenvalue weighted by atomic mass is 32.2. The van der Waals surface area contributed by atoms with E-state index < -0.39 is 38.6 Å². The van der Waals surface area contributed by atoms with E-state index in [9.17, 15) is 63.4 Å². The van der Waals surface area contributed by atoms with Crippen LogP contribution in [0.25, 0.3) is 43.6 Å². The van der Waals surface area contributed by atoms with Crippen LogP contribution >= 0.6 is 34.4 Å². The number of rotatable bonds is 19.